The Hall–Kier alpha value is -1.56. The first kappa shape index (κ1) is 65.6. The predicted molar refractivity (Wildman–Crippen MR) is 330 cm³/mol. The zero-order valence-electron chi connectivity index (χ0n) is 53.1. The van der Waals surface area contributed by atoms with Crippen molar-refractivity contribution in [3.8, 4) is 0 Å². The molecule has 0 radical (unpaired) electrons. The predicted octanol–water partition coefficient (Wildman–Crippen LogP) is 16.6. The summed E-state index contributed by atoms with van der Waals surface area (Å²) in [4.78, 5) is 14.0. The van der Waals surface area contributed by atoms with Crippen LogP contribution in [0.25, 0.3) is 0 Å². The number of carbonyl (C=O) groups excluding carboxylic acids is 1. The molecule has 1 aromatic rings. The Morgan fingerprint density at radius 2 is 1.38 bits per heavy atom. The van der Waals surface area contributed by atoms with E-state index in [9.17, 15) is 4.79 Å². The van der Waals surface area contributed by atoms with Gasteiger partial charge in [0.2, 0.25) is 0 Å². The lowest BCUT2D eigenvalue weighted by Gasteiger charge is -2.54. The number of hydrogen-bond acceptors (Lipinski definition) is 9. The van der Waals surface area contributed by atoms with Crippen LogP contribution in [0.15, 0.2) is 66.8 Å². The third-order valence-electron chi connectivity index (χ3n) is 20.7. The number of ether oxygens (including phenoxy) is 5. The molecule has 78 heavy (non-hydrogen) atoms. The molecule has 0 bridgehead atoms. The van der Waals surface area contributed by atoms with E-state index in [1.165, 1.54) is 11.1 Å². The summed E-state index contributed by atoms with van der Waals surface area (Å²) in [5.74, 6) is 1.72. The van der Waals surface area contributed by atoms with E-state index in [4.69, 9.17) is 37.0 Å². The molecule has 6 rings (SSSR count). The van der Waals surface area contributed by atoms with Crippen LogP contribution in [-0.4, -0.2) is 111 Å². The highest BCUT2D eigenvalue weighted by atomic mass is 28.4. The van der Waals surface area contributed by atoms with Crippen molar-refractivity contribution in [2.45, 2.75) is 302 Å². The summed E-state index contributed by atoms with van der Waals surface area (Å²) < 4.78 is 56.3. The van der Waals surface area contributed by atoms with Gasteiger partial charge in [0, 0.05) is 25.4 Å². The summed E-state index contributed by atoms with van der Waals surface area (Å²) in [6, 6.07) is 10.9. The zero-order chi connectivity index (χ0) is 57.9. The van der Waals surface area contributed by atoms with Crippen molar-refractivity contribution in [1.82, 2.24) is 0 Å². The van der Waals surface area contributed by atoms with Gasteiger partial charge in [0.15, 0.2) is 30.7 Å². The molecule has 5 fully saturated rings. The fourth-order valence-electron chi connectivity index (χ4n) is 12.1. The molecular weight excluding hydrogens is 1020 g/mol. The molecule has 0 N–H and O–H groups in total. The number of carbonyl (C=O) groups is 1. The van der Waals surface area contributed by atoms with Gasteiger partial charge >= 0.3 is 0 Å². The van der Waals surface area contributed by atoms with Crippen molar-refractivity contribution >= 4 is 30.7 Å². The van der Waals surface area contributed by atoms with Crippen molar-refractivity contribution in [2.75, 3.05) is 6.61 Å². The molecular formula is C66H114O9Si3. The number of benzene rings is 1. The van der Waals surface area contributed by atoms with Gasteiger partial charge in [0.25, 0.3) is 0 Å². The molecule has 12 heteroatoms. The maximum absolute atomic E-state index is 14.0. The van der Waals surface area contributed by atoms with Gasteiger partial charge in [-0.25, -0.2) is 0 Å². The van der Waals surface area contributed by atoms with E-state index in [2.05, 4.69) is 180 Å². The Bertz CT molecular complexity index is 2140. The topological polar surface area (TPSA) is 90.9 Å². The van der Waals surface area contributed by atoms with Crippen LogP contribution in [0.3, 0.4) is 0 Å². The molecule has 5 aliphatic rings. The Labute approximate surface area is 480 Å². The van der Waals surface area contributed by atoms with Crippen LogP contribution in [0.1, 0.15) is 173 Å². The Kier molecular flexibility index (Phi) is 22.3. The van der Waals surface area contributed by atoms with E-state index in [1.54, 1.807) is 6.08 Å². The summed E-state index contributed by atoms with van der Waals surface area (Å²) >= 11 is 0. The molecule has 5 saturated heterocycles. The highest BCUT2D eigenvalue weighted by molar-refractivity contribution is 6.75. The Morgan fingerprint density at radius 1 is 0.744 bits per heavy atom. The third-order valence-corrected chi connectivity index (χ3v) is 34.2. The quantitative estimate of drug-likeness (QED) is 0.0604. The number of ketones is 1. The second-order valence-electron chi connectivity index (χ2n) is 30.0. The summed E-state index contributed by atoms with van der Waals surface area (Å²) in [6.45, 7) is 56.1. The molecule has 5 heterocycles. The first-order valence-electron chi connectivity index (χ1n) is 31.0. The minimum atomic E-state index is -2.33. The lowest BCUT2D eigenvalue weighted by molar-refractivity contribution is -0.251. The highest BCUT2D eigenvalue weighted by Crippen LogP contribution is 2.47. The standard InChI is InChI=1S/C66H114O9Si3/c1-23-51-32-36-56-61(71-51)48(7)62(75-78(21,22)66(14,15)16)63(73-56)57(74-77(19,20)65(11,12)13)34-30-50(67)29-31-52-39-45(4)55(69-52)35-33-53-38-44(3)46(5)59(70-53)41-60-54(40-49-27-25-24-26-28-49)47(6)58(72-60)37-43(2)42-68-76(17,18)64(8,9)10/h24-28,30,34,43-44,47-48,51-63H,4-5,23,29,31-33,35-42H2,1-3,6-22H3/b34-30+/t43-,44+,47+,48-,51?,52?,53?,54+,55-,56-,57-,58+,59+,60?,61+,62-,63-/m0/s1. The third kappa shape index (κ3) is 16.6. The number of allylic oxidation sites excluding steroid dienone is 1. The van der Waals surface area contributed by atoms with E-state index in [0.717, 1.165) is 76.4 Å². The van der Waals surface area contributed by atoms with Crippen LogP contribution >= 0.6 is 0 Å². The second kappa shape index (κ2) is 26.6. The van der Waals surface area contributed by atoms with E-state index in [-0.39, 0.29) is 94.0 Å². The highest BCUT2D eigenvalue weighted by Gasteiger charge is 2.54. The summed E-state index contributed by atoms with van der Waals surface area (Å²) in [6.07, 6.45) is 13.3. The van der Waals surface area contributed by atoms with Crippen LogP contribution in [0, 0.1) is 29.6 Å². The van der Waals surface area contributed by atoms with Crippen molar-refractivity contribution in [3.05, 3.63) is 72.4 Å². The van der Waals surface area contributed by atoms with Crippen LogP contribution in [0.4, 0.5) is 0 Å². The lowest BCUT2D eigenvalue weighted by Crippen LogP contribution is -2.64. The molecule has 0 aliphatic carbocycles. The van der Waals surface area contributed by atoms with E-state index < -0.39 is 31.1 Å². The zero-order valence-corrected chi connectivity index (χ0v) is 56.1. The van der Waals surface area contributed by atoms with E-state index in [1.807, 2.05) is 6.08 Å². The van der Waals surface area contributed by atoms with Gasteiger partial charge in [-0.3, -0.25) is 4.79 Å². The van der Waals surface area contributed by atoms with Crippen molar-refractivity contribution < 1.29 is 41.8 Å². The van der Waals surface area contributed by atoms with Crippen LogP contribution in [0.5, 0.6) is 0 Å². The molecule has 0 aromatic heterocycles. The van der Waals surface area contributed by atoms with E-state index in [0.29, 0.717) is 36.5 Å². The molecule has 1 aromatic carbocycles. The normalized spacial score (nSPS) is 33.6. The van der Waals surface area contributed by atoms with Gasteiger partial charge < -0.3 is 37.0 Å². The maximum Gasteiger partial charge on any atom is 0.193 e. The van der Waals surface area contributed by atoms with Crippen molar-refractivity contribution in [2.24, 2.45) is 29.6 Å². The van der Waals surface area contributed by atoms with Gasteiger partial charge in [-0.05, 0) is 165 Å². The van der Waals surface area contributed by atoms with Gasteiger partial charge in [0.05, 0.1) is 67.1 Å². The SMILES string of the molecule is C=C1CC(CCC(=O)/C=C/[C@H](O[Si](C)(C)C(C)(C)C)[C@@H]2O[C@H]3CCC(CC)O[C@@H]3[C@H](C)[C@@H]2O[Si](C)(C)C(C)(C)C)O[C@H]1CCC1C[C@@H](C)C(=C)[C@@H](CC2O[C@H](C[C@H](C)CO[Si](C)(C)C(C)(C)C)[C@H](C)[C@H]2Cc2ccccc2)O1. The summed E-state index contributed by atoms with van der Waals surface area (Å²) in [7, 11) is -6.43. The fourth-order valence-corrected chi connectivity index (χ4v) is 15.8. The molecule has 0 saturated carbocycles. The molecule has 444 valence electrons. The van der Waals surface area contributed by atoms with Gasteiger partial charge in [-0.15, -0.1) is 0 Å². The van der Waals surface area contributed by atoms with Crippen molar-refractivity contribution in [3.63, 3.8) is 0 Å². The average molecular weight is 1140 g/mol. The molecule has 4 unspecified atom stereocenters. The molecule has 5 aliphatic heterocycles. The largest absolute Gasteiger partial charge is 0.417 e. The summed E-state index contributed by atoms with van der Waals surface area (Å²) in [5, 5.41) is 0.150. The number of hydrogen-bond donors (Lipinski definition) is 0. The lowest BCUT2D eigenvalue weighted by atomic mass is 9.78. The average Bonchev–Trinajstić information content (AvgIpc) is 3.91. The van der Waals surface area contributed by atoms with Crippen LogP contribution in [0.2, 0.25) is 54.4 Å². The Morgan fingerprint density at radius 3 is 2.01 bits per heavy atom. The van der Waals surface area contributed by atoms with Gasteiger partial charge in [-0.1, -0.05) is 146 Å². The number of fused-ring (bicyclic) bond motifs is 1. The second-order valence-corrected chi connectivity index (χ2v) is 44.3. The molecule has 17 atom stereocenters. The van der Waals surface area contributed by atoms with E-state index >= 15 is 0 Å². The first-order chi connectivity index (χ1) is 36.1. The monoisotopic (exact) mass is 1130 g/mol. The molecule has 0 spiro atoms. The smallest absolute Gasteiger partial charge is 0.193 e. The minimum Gasteiger partial charge on any atom is -0.417 e. The number of rotatable bonds is 23. The molecule has 0 amide bonds. The van der Waals surface area contributed by atoms with Crippen LogP contribution in [-0.2, 0) is 48.2 Å². The van der Waals surface area contributed by atoms with Gasteiger partial charge in [0.1, 0.15) is 6.10 Å². The fraction of sp³-hybridized carbons (Fsp3) is 0.803. The minimum absolute atomic E-state index is 0.00495. The van der Waals surface area contributed by atoms with Gasteiger partial charge in [-0.2, -0.15) is 0 Å². The maximum atomic E-state index is 14.0. The Balaban J connectivity index is 1.07. The molecule has 9 nitrogen and oxygen atoms in total. The first-order valence-corrected chi connectivity index (χ1v) is 39.7. The van der Waals surface area contributed by atoms with Crippen molar-refractivity contribution in [1.29, 1.82) is 0 Å². The summed E-state index contributed by atoms with van der Waals surface area (Å²) in [5.41, 5.74) is 3.67. The van der Waals surface area contributed by atoms with Crippen LogP contribution < -0.4 is 0 Å².